The number of amides is 2. The molecule has 3 heterocycles. The second kappa shape index (κ2) is 6.68. The number of nitrogens with one attached hydrogen (secondary N) is 1. The third kappa shape index (κ3) is 3.80. The summed E-state index contributed by atoms with van der Waals surface area (Å²) in [5.74, 6) is 0.734. The molecule has 1 saturated heterocycles. The van der Waals surface area contributed by atoms with Gasteiger partial charge in [0.1, 0.15) is 11.9 Å². The summed E-state index contributed by atoms with van der Waals surface area (Å²) in [4.78, 5) is 18.1. The van der Waals surface area contributed by atoms with Crippen molar-refractivity contribution in [3.8, 4) is 5.75 Å². The van der Waals surface area contributed by atoms with Gasteiger partial charge in [0.2, 0.25) is 0 Å². The maximum absolute atomic E-state index is 12.3. The van der Waals surface area contributed by atoms with Crippen LogP contribution in [0.1, 0.15) is 26.3 Å². The molecule has 2 amide bonds. The van der Waals surface area contributed by atoms with Crippen LogP contribution in [0.2, 0.25) is 0 Å². The fourth-order valence-corrected chi connectivity index (χ4v) is 2.51. The fourth-order valence-electron chi connectivity index (χ4n) is 2.51. The molecule has 3 rings (SSSR count). The van der Waals surface area contributed by atoms with E-state index in [-0.39, 0.29) is 18.2 Å². The van der Waals surface area contributed by atoms with Crippen LogP contribution in [0, 0.1) is 0 Å². The zero-order chi connectivity index (χ0) is 16.2. The zero-order valence-electron chi connectivity index (χ0n) is 13.3. The fraction of sp³-hybridized carbons (Fsp3) is 0.438. The van der Waals surface area contributed by atoms with Gasteiger partial charge in [0, 0.05) is 31.4 Å². The smallest absolute Gasteiger partial charge is 0.322 e. The van der Waals surface area contributed by atoms with Gasteiger partial charge in [-0.15, -0.1) is 0 Å². The Hall–Kier alpha value is -2.57. The lowest BCUT2D eigenvalue weighted by Crippen LogP contribution is -2.34. The molecule has 7 heteroatoms. The van der Waals surface area contributed by atoms with Crippen LogP contribution in [-0.2, 0) is 0 Å². The van der Waals surface area contributed by atoms with Crippen LogP contribution in [-0.4, -0.2) is 44.9 Å². The van der Waals surface area contributed by atoms with E-state index < -0.39 is 0 Å². The average molecular weight is 315 g/mol. The Labute approximate surface area is 135 Å². The Balaban J connectivity index is 1.52. The van der Waals surface area contributed by atoms with Gasteiger partial charge in [0.05, 0.1) is 24.6 Å². The first kappa shape index (κ1) is 15.3. The number of rotatable bonds is 4. The van der Waals surface area contributed by atoms with E-state index in [1.54, 1.807) is 23.5 Å². The Kier molecular flexibility index (Phi) is 4.45. The van der Waals surface area contributed by atoms with Gasteiger partial charge in [0.25, 0.3) is 0 Å². The van der Waals surface area contributed by atoms with E-state index in [1.165, 1.54) is 0 Å². The SMILES string of the molecule is CC(C)n1cc(NC(=O)N2CC[C@H](Oc3cccnc3)C2)cn1. The second-order valence-electron chi connectivity index (χ2n) is 5.90. The van der Waals surface area contributed by atoms with Crippen LogP contribution >= 0.6 is 0 Å². The number of hydrogen-bond donors (Lipinski definition) is 1. The molecule has 2 aromatic rings. The van der Waals surface area contributed by atoms with Crippen LogP contribution in [0.5, 0.6) is 5.75 Å². The number of hydrogen-bond acceptors (Lipinski definition) is 4. The maximum atomic E-state index is 12.3. The summed E-state index contributed by atoms with van der Waals surface area (Å²) in [6.07, 6.45) is 7.71. The summed E-state index contributed by atoms with van der Waals surface area (Å²) in [5, 5.41) is 7.10. The van der Waals surface area contributed by atoms with Crippen molar-refractivity contribution in [1.29, 1.82) is 0 Å². The Morgan fingerprint density at radius 1 is 1.43 bits per heavy atom. The Morgan fingerprint density at radius 3 is 3.00 bits per heavy atom. The first-order chi connectivity index (χ1) is 11.1. The van der Waals surface area contributed by atoms with Gasteiger partial charge in [-0.05, 0) is 26.0 Å². The minimum Gasteiger partial charge on any atom is -0.487 e. The molecule has 1 atom stereocenters. The third-order valence-electron chi connectivity index (χ3n) is 3.75. The van der Waals surface area contributed by atoms with Crippen molar-refractivity contribution in [1.82, 2.24) is 19.7 Å². The van der Waals surface area contributed by atoms with E-state index in [9.17, 15) is 4.79 Å². The molecule has 0 radical (unpaired) electrons. The van der Waals surface area contributed by atoms with Crippen molar-refractivity contribution in [2.45, 2.75) is 32.4 Å². The third-order valence-corrected chi connectivity index (χ3v) is 3.75. The van der Waals surface area contributed by atoms with E-state index in [2.05, 4.69) is 15.4 Å². The van der Waals surface area contributed by atoms with Gasteiger partial charge >= 0.3 is 6.03 Å². The van der Waals surface area contributed by atoms with Crippen molar-refractivity contribution in [3.05, 3.63) is 36.9 Å². The van der Waals surface area contributed by atoms with Gasteiger partial charge in [0.15, 0.2) is 0 Å². The highest BCUT2D eigenvalue weighted by atomic mass is 16.5. The number of pyridine rings is 1. The molecule has 0 spiro atoms. The number of aromatic nitrogens is 3. The predicted molar refractivity (Wildman–Crippen MR) is 86.5 cm³/mol. The number of anilines is 1. The lowest BCUT2D eigenvalue weighted by molar-refractivity contribution is 0.194. The summed E-state index contributed by atoms with van der Waals surface area (Å²) in [6.45, 7) is 5.33. The lowest BCUT2D eigenvalue weighted by atomic mass is 10.3. The molecular weight excluding hydrogens is 294 g/mol. The van der Waals surface area contributed by atoms with Gasteiger partial charge in [-0.2, -0.15) is 5.10 Å². The van der Waals surface area contributed by atoms with Crippen LogP contribution in [0.4, 0.5) is 10.5 Å². The van der Waals surface area contributed by atoms with E-state index in [0.29, 0.717) is 18.8 Å². The van der Waals surface area contributed by atoms with Gasteiger partial charge in [-0.3, -0.25) is 9.67 Å². The van der Waals surface area contributed by atoms with Crippen LogP contribution < -0.4 is 10.1 Å². The van der Waals surface area contributed by atoms with Crippen LogP contribution in [0.3, 0.4) is 0 Å². The molecular formula is C16H21N5O2. The first-order valence-electron chi connectivity index (χ1n) is 7.78. The maximum Gasteiger partial charge on any atom is 0.322 e. The molecule has 0 aliphatic carbocycles. The van der Waals surface area contributed by atoms with Gasteiger partial charge in [-0.1, -0.05) is 0 Å². The first-order valence-corrected chi connectivity index (χ1v) is 7.78. The van der Waals surface area contributed by atoms with Gasteiger partial charge in [-0.25, -0.2) is 4.79 Å². The summed E-state index contributed by atoms with van der Waals surface area (Å²) < 4.78 is 7.65. The molecule has 2 aromatic heterocycles. The summed E-state index contributed by atoms with van der Waals surface area (Å²) in [7, 11) is 0. The second-order valence-corrected chi connectivity index (χ2v) is 5.90. The monoisotopic (exact) mass is 315 g/mol. The standard InChI is InChI=1S/C16H21N5O2/c1-12(2)21-10-13(8-18-21)19-16(22)20-7-5-15(11-20)23-14-4-3-6-17-9-14/h3-4,6,8-10,12,15H,5,7,11H2,1-2H3,(H,19,22)/t15-/m0/s1. The molecule has 1 aliphatic rings. The van der Waals surface area contributed by atoms with Crippen molar-refractivity contribution >= 4 is 11.7 Å². The minimum absolute atomic E-state index is 0.00309. The van der Waals surface area contributed by atoms with Crippen molar-refractivity contribution < 1.29 is 9.53 Å². The highest BCUT2D eigenvalue weighted by Gasteiger charge is 2.27. The van der Waals surface area contributed by atoms with Crippen molar-refractivity contribution in [2.75, 3.05) is 18.4 Å². The number of carbonyl (C=O) groups is 1. The quantitative estimate of drug-likeness (QED) is 0.941. The number of ether oxygens (including phenoxy) is 1. The highest BCUT2D eigenvalue weighted by Crippen LogP contribution is 2.18. The summed E-state index contributed by atoms with van der Waals surface area (Å²) in [5.41, 5.74) is 0.709. The van der Waals surface area contributed by atoms with Crippen LogP contribution in [0.15, 0.2) is 36.9 Å². The largest absolute Gasteiger partial charge is 0.487 e. The summed E-state index contributed by atoms with van der Waals surface area (Å²) >= 11 is 0. The molecule has 0 bridgehead atoms. The highest BCUT2D eigenvalue weighted by molar-refractivity contribution is 5.89. The topological polar surface area (TPSA) is 72.3 Å². The molecule has 1 fully saturated rings. The molecule has 122 valence electrons. The van der Waals surface area contributed by atoms with E-state index in [4.69, 9.17) is 4.74 Å². The Morgan fingerprint density at radius 2 is 2.30 bits per heavy atom. The molecule has 0 unspecified atom stereocenters. The van der Waals surface area contributed by atoms with Crippen LogP contribution in [0.25, 0.3) is 0 Å². The lowest BCUT2D eigenvalue weighted by Gasteiger charge is -2.17. The summed E-state index contributed by atoms with van der Waals surface area (Å²) in [6, 6.07) is 3.85. The molecule has 1 aliphatic heterocycles. The van der Waals surface area contributed by atoms with Crippen molar-refractivity contribution in [3.63, 3.8) is 0 Å². The van der Waals surface area contributed by atoms with E-state index >= 15 is 0 Å². The normalized spacial score (nSPS) is 17.5. The number of likely N-dealkylation sites (tertiary alicyclic amines) is 1. The number of carbonyl (C=O) groups excluding carboxylic acids is 1. The van der Waals surface area contributed by atoms with Gasteiger partial charge < -0.3 is 15.0 Å². The number of nitrogens with zero attached hydrogens (tertiary/aromatic N) is 4. The average Bonchev–Trinajstić information content (AvgIpc) is 3.18. The molecule has 1 N–H and O–H groups in total. The molecule has 0 saturated carbocycles. The predicted octanol–water partition coefficient (Wildman–Crippen LogP) is 2.54. The molecule has 7 nitrogen and oxygen atoms in total. The zero-order valence-corrected chi connectivity index (χ0v) is 13.3. The van der Waals surface area contributed by atoms with Crippen molar-refractivity contribution in [2.24, 2.45) is 0 Å². The minimum atomic E-state index is -0.120. The van der Waals surface area contributed by atoms with E-state index in [0.717, 1.165) is 12.2 Å². The molecule has 0 aromatic carbocycles. The molecule has 23 heavy (non-hydrogen) atoms. The van der Waals surface area contributed by atoms with E-state index in [1.807, 2.05) is 36.9 Å². The Bertz CT molecular complexity index is 656. The number of urea groups is 1.